The fourth-order valence-corrected chi connectivity index (χ4v) is 8.01. The third-order valence-electron chi connectivity index (χ3n) is 9.16. The second-order valence-electron chi connectivity index (χ2n) is 11.4. The van der Waals surface area contributed by atoms with E-state index in [9.17, 15) is 9.59 Å². The standard InChI is InChI=1S/C30H39NO7/c1-34-24-11-21(12-25(35-2)27(24)36-3)26-22(28(32)37-4)16-31(17-23(26)29(33)38-5)7-6-30-13-18-8-19(14-30)10-20(9-18)15-30/h11-12,16-20,26H,6-10,13-15H2,1-5H3. The summed E-state index contributed by atoms with van der Waals surface area (Å²) in [7, 11) is 7.29. The van der Waals surface area contributed by atoms with Crippen molar-refractivity contribution in [3.05, 3.63) is 41.2 Å². The van der Waals surface area contributed by atoms with E-state index in [2.05, 4.69) is 0 Å². The Morgan fingerprint density at radius 1 is 0.789 bits per heavy atom. The van der Waals surface area contributed by atoms with Gasteiger partial charge in [0.05, 0.1) is 52.6 Å². The highest BCUT2D eigenvalue weighted by Gasteiger charge is 2.50. The van der Waals surface area contributed by atoms with Gasteiger partial charge in [-0.25, -0.2) is 9.59 Å². The van der Waals surface area contributed by atoms with Crippen molar-refractivity contribution < 1.29 is 33.3 Å². The van der Waals surface area contributed by atoms with Crippen molar-refractivity contribution in [3.63, 3.8) is 0 Å². The second kappa shape index (κ2) is 10.5. The first-order chi connectivity index (χ1) is 18.3. The fourth-order valence-electron chi connectivity index (χ4n) is 8.01. The maximum atomic E-state index is 13.1. The van der Waals surface area contributed by atoms with E-state index in [0.717, 1.165) is 30.7 Å². The molecule has 0 spiro atoms. The minimum atomic E-state index is -0.723. The topological polar surface area (TPSA) is 83.5 Å². The average Bonchev–Trinajstić information content (AvgIpc) is 2.93. The molecule has 0 atom stereocenters. The number of nitrogens with zero attached hydrogens (tertiary/aromatic N) is 1. The van der Waals surface area contributed by atoms with Gasteiger partial charge in [0.1, 0.15) is 0 Å². The molecule has 0 unspecified atom stereocenters. The Morgan fingerprint density at radius 3 is 1.66 bits per heavy atom. The summed E-state index contributed by atoms with van der Waals surface area (Å²) in [5.41, 5.74) is 1.72. The van der Waals surface area contributed by atoms with Crippen LogP contribution in [0.3, 0.4) is 0 Å². The highest BCUT2D eigenvalue weighted by atomic mass is 16.5. The molecule has 0 amide bonds. The van der Waals surface area contributed by atoms with Crippen LogP contribution >= 0.6 is 0 Å². The molecule has 38 heavy (non-hydrogen) atoms. The van der Waals surface area contributed by atoms with Crippen LogP contribution in [-0.2, 0) is 19.1 Å². The Morgan fingerprint density at radius 2 is 1.26 bits per heavy atom. The van der Waals surface area contributed by atoms with Gasteiger partial charge < -0.3 is 28.6 Å². The number of rotatable bonds is 9. The number of benzene rings is 1. The lowest BCUT2D eigenvalue weighted by atomic mass is 9.49. The number of hydrogen-bond acceptors (Lipinski definition) is 8. The zero-order valence-electron chi connectivity index (χ0n) is 23.1. The van der Waals surface area contributed by atoms with Gasteiger partial charge in [0.2, 0.25) is 5.75 Å². The summed E-state index contributed by atoms with van der Waals surface area (Å²) in [5.74, 6) is 2.17. The SMILES string of the molecule is COC(=O)C1=CN(CCC23CC4CC(CC(C4)C2)C3)C=C(C(=O)OC)C1c1cc(OC)c(OC)c(OC)c1. The molecule has 8 nitrogen and oxygen atoms in total. The van der Waals surface area contributed by atoms with Crippen molar-refractivity contribution in [2.45, 2.75) is 50.9 Å². The summed E-state index contributed by atoms with van der Waals surface area (Å²) >= 11 is 0. The van der Waals surface area contributed by atoms with Crippen molar-refractivity contribution in [2.24, 2.45) is 23.2 Å². The molecule has 6 rings (SSSR count). The lowest BCUT2D eigenvalue weighted by Gasteiger charge is -2.57. The van der Waals surface area contributed by atoms with Gasteiger partial charge >= 0.3 is 11.9 Å². The molecule has 0 aromatic heterocycles. The van der Waals surface area contributed by atoms with Gasteiger partial charge in [0.25, 0.3) is 0 Å². The summed E-state index contributed by atoms with van der Waals surface area (Å²) in [4.78, 5) is 28.2. The summed E-state index contributed by atoms with van der Waals surface area (Å²) in [6, 6.07) is 3.51. The van der Waals surface area contributed by atoms with E-state index in [1.54, 1.807) is 12.1 Å². The Bertz CT molecular complexity index is 1060. The van der Waals surface area contributed by atoms with Crippen LogP contribution in [0.1, 0.15) is 56.4 Å². The molecule has 206 valence electrons. The molecular formula is C30H39NO7. The first kappa shape index (κ1) is 26.4. The zero-order valence-corrected chi connectivity index (χ0v) is 23.1. The highest BCUT2D eigenvalue weighted by molar-refractivity contribution is 5.98. The molecular weight excluding hydrogens is 486 g/mol. The number of esters is 2. The van der Waals surface area contributed by atoms with Crippen molar-refractivity contribution in [1.82, 2.24) is 4.90 Å². The molecule has 4 bridgehead atoms. The van der Waals surface area contributed by atoms with E-state index in [1.807, 2.05) is 17.3 Å². The molecule has 8 heteroatoms. The van der Waals surface area contributed by atoms with Crippen molar-refractivity contribution in [1.29, 1.82) is 0 Å². The molecule has 4 saturated carbocycles. The number of hydrogen-bond donors (Lipinski definition) is 0. The van der Waals surface area contributed by atoms with Crippen LogP contribution in [0, 0.1) is 23.2 Å². The predicted octanol–water partition coefficient (Wildman–Crippen LogP) is 4.83. The monoisotopic (exact) mass is 525 g/mol. The number of methoxy groups -OCH3 is 5. The third-order valence-corrected chi connectivity index (χ3v) is 9.16. The number of carbonyl (C=O) groups is 2. The van der Waals surface area contributed by atoms with Crippen LogP contribution < -0.4 is 14.2 Å². The van der Waals surface area contributed by atoms with E-state index in [4.69, 9.17) is 23.7 Å². The maximum Gasteiger partial charge on any atom is 0.336 e. The molecule has 1 heterocycles. The Hall–Kier alpha value is -3.16. The third kappa shape index (κ3) is 4.74. The summed E-state index contributed by atoms with van der Waals surface area (Å²) in [5, 5.41) is 0. The van der Waals surface area contributed by atoms with Crippen LogP contribution in [0.4, 0.5) is 0 Å². The Labute approximate surface area is 224 Å². The Kier molecular flexibility index (Phi) is 7.34. The van der Waals surface area contributed by atoms with Gasteiger partial charge in [-0.2, -0.15) is 0 Å². The quantitative estimate of drug-likeness (QED) is 0.424. The lowest BCUT2D eigenvalue weighted by molar-refractivity contribution is -0.137. The van der Waals surface area contributed by atoms with E-state index >= 15 is 0 Å². The van der Waals surface area contributed by atoms with Gasteiger partial charge in [-0.05, 0) is 85.8 Å². The van der Waals surface area contributed by atoms with Gasteiger partial charge in [-0.15, -0.1) is 0 Å². The van der Waals surface area contributed by atoms with Crippen LogP contribution in [0.15, 0.2) is 35.7 Å². The molecule has 1 aromatic carbocycles. The van der Waals surface area contributed by atoms with E-state index in [0.29, 0.717) is 39.4 Å². The van der Waals surface area contributed by atoms with Crippen LogP contribution in [-0.4, -0.2) is 58.9 Å². The van der Waals surface area contributed by atoms with Gasteiger partial charge in [0.15, 0.2) is 11.5 Å². The summed E-state index contributed by atoms with van der Waals surface area (Å²) in [6.45, 7) is 0.731. The second-order valence-corrected chi connectivity index (χ2v) is 11.4. The Balaban J connectivity index is 1.49. The lowest BCUT2D eigenvalue weighted by Crippen LogP contribution is -2.47. The molecule has 0 saturated heterocycles. The van der Waals surface area contributed by atoms with E-state index in [-0.39, 0.29) is 0 Å². The van der Waals surface area contributed by atoms with Crippen molar-refractivity contribution >= 4 is 11.9 Å². The zero-order chi connectivity index (χ0) is 27.0. The fraction of sp³-hybridized carbons (Fsp3) is 0.600. The largest absolute Gasteiger partial charge is 0.493 e. The molecule has 1 aliphatic heterocycles. The normalized spacial score (nSPS) is 27.9. The molecule has 0 N–H and O–H groups in total. The van der Waals surface area contributed by atoms with Crippen molar-refractivity contribution in [2.75, 3.05) is 42.1 Å². The molecule has 4 aliphatic carbocycles. The molecule has 4 fully saturated rings. The van der Waals surface area contributed by atoms with Crippen molar-refractivity contribution in [3.8, 4) is 17.2 Å². The minimum absolute atomic E-state index is 0.357. The van der Waals surface area contributed by atoms with Gasteiger partial charge in [-0.3, -0.25) is 0 Å². The predicted molar refractivity (Wildman–Crippen MR) is 141 cm³/mol. The van der Waals surface area contributed by atoms with E-state index in [1.165, 1.54) is 74.1 Å². The highest BCUT2D eigenvalue weighted by Crippen LogP contribution is 2.61. The molecule has 5 aliphatic rings. The first-order valence-corrected chi connectivity index (χ1v) is 13.5. The van der Waals surface area contributed by atoms with Crippen LogP contribution in [0.5, 0.6) is 17.2 Å². The summed E-state index contributed by atoms with van der Waals surface area (Å²) in [6.07, 6.45) is 12.8. The van der Waals surface area contributed by atoms with Crippen LogP contribution in [0.25, 0.3) is 0 Å². The van der Waals surface area contributed by atoms with Gasteiger partial charge in [0, 0.05) is 18.9 Å². The molecule has 1 aromatic rings. The first-order valence-electron chi connectivity index (χ1n) is 13.5. The number of carbonyl (C=O) groups excluding carboxylic acids is 2. The van der Waals surface area contributed by atoms with Gasteiger partial charge in [-0.1, -0.05) is 0 Å². The van der Waals surface area contributed by atoms with Crippen LogP contribution in [0.2, 0.25) is 0 Å². The smallest absolute Gasteiger partial charge is 0.336 e. The maximum absolute atomic E-state index is 13.1. The summed E-state index contributed by atoms with van der Waals surface area (Å²) < 4.78 is 26.9. The number of ether oxygens (including phenoxy) is 5. The average molecular weight is 526 g/mol. The minimum Gasteiger partial charge on any atom is -0.493 e. The molecule has 0 radical (unpaired) electrons. The van der Waals surface area contributed by atoms with E-state index < -0.39 is 17.9 Å².